The molecule has 0 saturated heterocycles. The molecule has 3 N–H and O–H groups in total. The second kappa shape index (κ2) is 7.47. The maximum atomic E-state index is 11.4. The van der Waals surface area contributed by atoms with Gasteiger partial charge in [0.1, 0.15) is 0 Å². The molecule has 18 heavy (non-hydrogen) atoms. The van der Waals surface area contributed by atoms with Gasteiger partial charge in [0.15, 0.2) is 0 Å². The van der Waals surface area contributed by atoms with Gasteiger partial charge in [-0.2, -0.15) is 0 Å². The Morgan fingerprint density at radius 1 is 1.28 bits per heavy atom. The van der Waals surface area contributed by atoms with E-state index in [1.807, 2.05) is 19.1 Å². The second-order valence-electron chi connectivity index (χ2n) is 4.53. The molecule has 0 aliphatic rings. The van der Waals surface area contributed by atoms with E-state index >= 15 is 0 Å². The fourth-order valence-electron chi connectivity index (χ4n) is 1.13. The van der Waals surface area contributed by atoms with Crippen molar-refractivity contribution in [1.29, 1.82) is 0 Å². The van der Waals surface area contributed by atoms with E-state index in [-0.39, 0.29) is 6.42 Å². The zero-order valence-corrected chi connectivity index (χ0v) is 10.9. The molecular weight excluding hydrogens is 236 g/mol. The SMILES string of the molecule is C/C=C/CCNC(=O)NC(=O)CC(C)(C)C(=O)O. The molecule has 102 valence electrons. The molecule has 0 aliphatic carbocycles. The van der Waals surface area contributed by atoms with E-state index in [0.29, 0.717) is 13.0 Å². The second-order valence-corrected chi connectivity index (χ2v) is 4.53. The van der Waals surface area contributed by atoms with Crippen LogP contribution < -0.4 is 10.6 Å². The van der Waals surface area contributed by atoms with Gasteiger partial charge in [-0.15, -0.1) is 0 Å². The number of amides is 3. The van der Waals surface area contributed by atoms with E-state index in [9.17, 15) is 14.4 Å². The molecule has 0 aromatic rings. The number of carbonyl (C=O) groups is 3. The van der Waals surface area contributed by atoms with Gasteiger partial charge in [-0.1, -0.05) is 12.2 Å². The Labute approximate surface area is 106 Å². The molecule has 0 aromatic carbocycles. The first-order valence-corrected chi connectivity index (χ1v) is 5.72. The van der Waals surface area contributed by atoms with Gasteiger partial charge in [0.05, 0.1) is 5.41 Å². The lowest BCUT2D eigenvalue weighted by molar-refractivity contribution is -0.149. The zero-order valence-electron chi connectivity index (χ0n) is 10.9. The summed E-state index contributed by atoms with van der Waals surface area (Å²) in [7, 11) is 0. The van der Waals surface area contributed by atoms with Crippen molar-refractivity contribution in [1.82, 2.24) is 10.6 Å². The molecule has 0 saturated carbocycles. The number of imide groups is 1. The van der Waals surface area contributed by atoms with Gasteiger partial charge in [-0.05, 0) is 27.2 Å². The number of rotatable bonds is 6. The minimum atomic E-state index is -1.19. The third-order valence-electron chi connectivity index (χ3n) is 2.27. The summed E-state index contributed by atoms with van der Waals surface area (Å²) in [6.45, 7) is 5.15. The third-order valence-corrected chi connectivity index (χ3v) is 2.27. The third kappa shape index (κ3) is 6.67. The van der Waals surface area contributed by atoms with Gasteiger partial charge in [-0.3, -0.25) is 14.9 Å². The predicted octanol–water partition coefficient (Wildman–Crippen LogP) is 1.28. The minimum absolute atomic E-state index is 0.245. The maximum absolute atomic E-state index is 11.4. The highest BCUT2D eigenvalue weighted by Gasteiger charge is 2.30. The molecule has 0 aliphatic heterocycles. The molecule has 0 rings (SSSR count). The Bertz CT molecular complexity index is 348. The van der Waals surface area contributed by atoms with Crippen LogP contribution in [0.4, 0.5) is 4.79 Å². The molecule has 0 heterocycles. The molecule has 0 fully saturated rings. The van der Waals surface area contributed by atoms with Crippen LogP contribution >= 0.6 is 0 Å². The van der Waals surface area contributed by atoms with E-state index in [1.165, 1.54) is 13.8 Å². The summed E-state index contributed by atoms with van der Waals surface area (Å²) in [5, 5.41) is 13.4. The molecule has 0 radical (unpaired) electrons. The summed E-state index contributed by atoms with van der Waals surface area (Å²) in [5.41, 5.74) is -1.19. The van der Waals surface area contributed by atoms with E-state index < -0.39 is 23.3 Å². The van der Waals surface area contributed by atoms with Crippen LogP contribution in [0.3, 0.4) is 0 Å². The van der Waals surface area contributed by atoms with E-state index in [1.54, 1.807) is 0 Å². The lowest BCUT2D eigenvalue weighted by atomic mass is 9.89. The van der Waals surface area contributed by atoms with Crippen LogP contribution in [-0.4, -0.2) is 29.6 Å². The van der Waals surface area contributed by atoms with Gasteiger partial charge < -0.3 is 10.4 Å². The van der Waals surface area contributed by atoms with Crippen molar-refractivity contribution in [3.63, 3.8) is 0 Å². The highest BCUT2D eigenvalue weighted by molar-refractivity contribution is 5.96. The van der Waals surface area contributed by atoms with E-state index in [4.69, 9.17) is 5.11 Å². The average Bonchev–Trinajstić information content (AvgIpc) is 2.23. The van der Waals surface area contributed by atoms with Crippen LogP contribution in [0, 0.1) is 5.41 Å². The lowest BCUT2D eigenvalue weighted by Gasteiger charge is -2.17. The van der Waals surface area contributed by atoms with Crippen molar-refractivity contribution in [2.75, 3.05) is 6.54 Å². The first kappa shape index (κ1) is 16.1. The van der Waals surface area contributed by atoms with Gasteiger partial charge in [0, 0.05) is 13.0 Å². The molecule has 6 heteroatoms. The number of nitrogens with one attached hydrogen (secondary N) is 2. The van der Waals surface area contributed by atoms with Crippen LogP contribution in [0.25, 0.3) is 0 Å². The topological polar surface area (TPSA) is 95.5 Å². The number of hydrogen-bond donors (Lipinski definition) is 3. The number of urea groups is 1. The molecule has 0 atom stereocenters. The quantitative estimate of drug-likeness (QED) is 0.492. The molecule has 3 amide bonds. The first-order chi connectivity index (χ1) is 8.29. The summed E-state index contributed by atoms with van der Waals surface area (Å²) < 4.78 is 0. The van der Waals surface area contributed by atoms with Crippen LogP contribution in [0.2, 0.25) is 0 Å². The Balaban J connectivity index is 4.02. The van der Waals surface area contributed by atoms with Crippen molar-refractivity contribution in [2.45, 2.75) is 33.6 Å². The van der Waals surface area contributed by atoms with E-state index in [2.05, 4.69) is 10.6 Å². The lowest BCUT2D eigenvalue weighted by Crippen LogP contribution is -2.42. The molecule has 0 spiro atoms. The van der Waals surface area contributed by atoms with Gasteiger partial charge in [0.25, 0.3) is 0 Å². The van der Waals surface area contributed by atoms with E-state index in [0.717, 1.165) is 0 Å². The monoisotopic (exact) mass is 256 g/mol. The van der Waals surface area contributed by atoms with Crippen molar-refractivity contribution in [3.8, 4) is 0 Å². The molecule has 0 aromatic heterocycles. The fourth-order valence-corrected chi connectivity index (χ4v) is 1.13. The Kier molecular flexibility index (Phi) is 6.70. The van der Waals surface area contributed by atoms with Crippen molar-refractivity contribution in [3.05, 3.63) is 12.2 Å². The molecule has 0 unspecified atom stereocenters. The maximum Gasteiger partial charge on any atom is 0.321 e. The minimum Gasteiger partial charge on any atom is -0.481 e. The Hall–Kier alpha value is -1.85. The van der Waals surface area contributed by atoms with Crippen molar-refractivity contribution < 1.29 is 19.5 Å². The summed E-state index contributed by atoms with van der Waals surface area (Å²) in [4.78, 5) is 33.5. The average molecular weight is 256 g/mol. The number of carboxylic acids is 1. The van der Waals surface area contributed by atoms with Gasteiger partial charge >= 0.3 is 12.0 Å². The summed E-state index contributed by atoms with van der Waals surface area (Å²) in [5.74, 6) is -1.68. The normalized spacial score (nSPS) is 11.3. The molecular formula is C12H20N2O4. The number of aliphatic carboxylic acids is 1. The smallest absolute Gasteiger partial charge is 0.321 e. The number of carbonyl (C=O) groups excluding carboxylic acids is 2. The first-order valence-electron chi connectivity index (χ1n) is 5.72. The molecule has 6 nitrogen and oxygen atoms in total. The Morgan fingerprint density at radius 3 is 2.39 bits per heavy atom. The largest absolute Gasteiger partial charge is 0.481 e. The van der Waals surface area contributed by atoms with Crippen LogP contribution in [0.5, 0.6) is 0 Å². The summed E-state index contributed by atoms with van der Waals surface area (Å²) in [6, 6.07) is -0.606. The number of allylic oxidation sites excluding steroid dienone is 1. The van der Waals surface area contributed by atoms with Crippen molar-refractivity contribution in [2.24, 2.45) is 5.41 Å². The van der Waals surface area contributed by atoms with Crippen molar-refractivity contribution >= 4 is 17.9 Å². The number of carboxylic acid groups (broad SMARTS) is 1. The summed E-state index contributed by atoms with van der Waals surface area (Å²) in [6.07, 6.45) is 4.18. The number of hydrogen-bond acceptors (Lipinski definition) is 3. The standard InChI is InChI=1S/C12H20N2O4/c1-4-5-6-7-13-11(18)14-9(15)8-12(2,3)10(16)17/h4-5H,6-8H2,1-3H3,(H,16,17)(H2,13,14,15,18)/b5-4+. The predicted molar refractivity (Wildman–Crippen MR) is 67.0 cm³/mol. The Morgan fingerprint density at radius 2 is 1.89 bits per heavy atom. The highest BCUT2D eigenvalue weighted by atomic mass is 16.4. The summed E-state index contributed by atoms with van der Waals surface area (Å²) >= 11 is 0. The van der Waals surface area contributed by atoms with Crippen LogP contribution in [0.15, 0.2) is 12.2 Å². The van der Waals surface area contributed by atoms with Crippen LogP contribution in [0.1, 0.15) is 33.6 Å². The molecule has 0 bridgehead atoms. The van der Waals surface area contributed by atoms with Gasteiger partial charge in [-0.25, -0.2) is 4.79 Å². The fraction of sp³-hybridized carbons (Fsp3) is 0.583. The van der Waals surface area contributed by atoms with Gasteiger partial charge in [0.2, 0.25) is 5.91 Å². The highest BCUT2D eigenvalue weighted by Crippen LogP contribution is 2.19. The van der Waals surface area contributed by atoms with Crippen LogP contribution in [-0.2, 0) is 9.59 Å². The zero-order chi connectivity index (χ0) is 14.2.